The molecule has 0 bridgehead atoms. The van der Waals surface area contributed by atoms with E-state index in [4.69, 9.17) is 9.47 Å². The molecule has 0 aromatic rings. The van der Waals surface area contributed by atoms with Gasteiger partial charge in [0.05, 0.1) is 13.2 Å². The number of rotatable bonds is 0. The molecule has 1 aliphatic rings. The molecule has 0 atom stereocenters. The summed E-state index contributed by atoms with van der Waals surface area (Å²) in [6.45, 7) is 2.06. The summed E-state index contributed by atoms with van der Waals surface area (Å²) in [5, 5.41) is 0. The summed E-state index contributed by atoms with van der Waals surface area (Å²) in [6.07, 6.45) is 8.00. The van der Waals surface area contributed by atoms with Crippen LogP contribution < -0.4 is 0 Å². The SMILES string of the molecule is C#C.C1COCO1. The zero-order valence-electron chi connectivity index (χ0n) is 4.09. The summed E-state index contributed by atoms with van der Waals surface area (Å²) in [4.78, 5) is 0. The Bertz CT molecular complexity index is 37.7. The van der Waals surface area contributed by atoms with E-state index in [2.05, 4.69) is 12.8 Å². The highest BCUT2D eigenvalue weighted by molar-refractivity contribution is 4.47. The van der Waals surface area contributed by atoms with E-state index in [1.165, 1.54) is 0 Å². The predicted molar refractivity (Wildman–Crippen MR) is 26.7 cm³/mol. The van der Waals surface area contributed by atoms with Crippen LogP contribution in [0.25, 0.3) is 0 Å². The van der Waals surface area contributed by atoms with Gasteiger partial charge >= 0.3 is 0 Å². The van der Waals surface area contributed by atoms with E-state index in [1.54, 1.807) is 0 Å². The van der Waals surface area contributed by atoms with Crippen molar-refractivity contribution in [3.63, 3.8) is 0 Å². The topological polar surface area (TPSA) is 18.5 Å². The van der Waals surface area contributed by atoms with Gasteiger partial charge in [-0.2, -0.15) is 0 Å². The van der Waals surface area contributed by atoms with Crippen LogP contribution in [-0.4, -0.2) is 20.0 Å². The maximum absolute atomic E-state index is 4.72. The van der Waals surface area contributed by atoms with Crippen LogP contribution in [0.5, 0.6) is 0 Å². The molecule has 0 aromatic heterocycles. The Morgan fingerprint density at radius 3 is 1.57 bits per heavy atom. The van der Waals surface area contributed by atoms with Crippen LogP contribution in [0.4, 0.5) is 0 Å². The molecule has 2 nitrogen and oxygen atoms in total. The van der Waals surface area contributed by atoms with Crippen LogP contribution in [0.2, 0.25) is 0 Å². The normalized spacial score (nSPS) is 17.4. The number of terminal acetylenes is 1. The summed E-state index contributed by atoms with van der Waals surface area (Å²) < 4.78 is 9.44. The largest absolute Gasteiger partial charge is 0.353 e. The van der Waals surface area contributed by atoms with Gasteiger partial charge in [-0.25, -0.2) is 0 Å². The lowest BCUT2D eigenvalue weighted by molar-refractivity contribution is 0.0692. The third-order valence-corrected chi connectivity index (χ3v) is 0.539. The molecule has 0 amide bonds. The lowest BCUT2D eigenvalue weighted by Gasteiger charge is -1.76. The van der Waals surface area contributed by atoms with E-state index in [-0.39, 0.29) is 0 Å². The molecule has 1 heterocycles. The van der Waals surface area contributed by atoms with Gasteiger partial charge in [0.25, 0.3) is 0 Å². The van der Waals surface area contributed by atoms with E-state index in [0.717, 1.165) is 13.2 Å². The molecule has 0 radical (unpaired) electrons. The van der Waals surface area contributed by atoms with E-state index in [0.29, 0.717) is 6.79 Å². The Balaban J connectivity index is 0.000000162. The average Bonchev–Trinajstić information content (AvgIpc) is 2.23. The second kappa shape index (κ2) is 5.48. The molecule has 40 valence electrons. The highest BCUT2D eigenvalue weighted by Gasteiger charge is 1.93. The van der Waals surface area contributed by atoms with E-state index < -0.39 is 0 Å². The van der Waals surface area contributed by atoms with Gasteiger partial charge in [-0.15, -0.1) is 12.8 Å². The second-order valence-corrected chi connectivity index (χ2v) is 0.934. The Morgan fingerprint density at radius 1 is 1.00 bits per heavy atom. The molecule has 1 fully saturated rings. The minimum absolute atomic E-state index is 0.500. The minimum Gasteiger partial charge on any atom is -0.353 e. The van der Waals surface area contributed by atoms with Crippen LogP contribution in [0.15, 0.2) is 0 Å². The number of hydrogen-bond donors (Lipinski definition) is 0. The van der Waals surface area contributed by atoms with Gasteiger partial charge < -0.3 is 9.47 Å². The maximum Gasteiger partial charge on any atom is 0.146 e. The van der Waals surface area contributed by atoms with Crippen molar-refractivity contribution in [1.82, 2.24) is 0 Å². The number of hydrogen-bond acceptors (Lipinski definition) is 2. The maximum atomic E-state index is 4.72. The quantitative estimate of drug-likeness (QED) is 0.406. The van der Waals surface area contributed by atoms with Crippen molar-refractivity contribution in [2.24, 2.45) is 0 Å². The summed E-state index contributed by atoms with van der Waals surface area (Å²) in [6, 6.07) is 0. The monoisotopic (exact) mass is 100 g/mol. The molecule has 0 aromatic carbocycles. The Hall–Kier alpha value is -0.520. The van der Waals surface area contributed by atoms with Gasteiger partial charge in [0.2, 0.25) is 0 Å². The van der Waals surface area contributed by atoms with E-state index >= 15 is 0 Å². The number of ether oxygens (including phenoxy) is 2. The standard InChI is InChI=1S/C3H6O2.C2H2/c1-2-5-3-4-1;1-2/h1-3H2;1-2H. The molecule has 0 saturated carbocycles. The molecule has 2 heteroatoms. The first-order chi connectivity index (χ1) is 3.50. The van der Waals surface area contributed by atoms with Crippen LogP contribution in [0, 0.1) is 12.8 Å². The zero-order valence-corrected chi connectivity index (χ0v) is 4.09. The fraction of sp³-hybridized carbons (Fsp3) is 0.600. The average molecular weight is 100 g/mol. The molecule has 1 aliphatic heterocycles. The lowest BCUT2D eigenvalue weighted by atomic mass is 10.8. The highest BCUT2D eigenvalue weighted by atomic mass is 16.7. The predicted octanol–water partition coefficient (Wildman–Crippen LogP) is 0.240. The molecular weight excluding hydrogens is 92.1 g/mol. The first kappa shape index (κ1) is 6.48. The lowest BCUT2D eigenvalue weighted by Crippen LogP contribution is -1.79. The molecule has 7 heavy (non-hydrogen) atoms. The molecule has 0 unspecified atom stereocenters. The van der Waals surface area contributed by atoms with Crippen molar-refractivity contribution >= 4 is 0 Å². The van der Waals surface area contributed by atoms with E-state index in [1.807, 2.05) is 0 Å². The van der Waals surface area contributed by atoms with Crippen molar-refractivity contribution in [2.45, 2.75) is 0 Å². The second-order valence-electron chi connectivity index (χ2n) is 0.934. The fourth-order valence-corrected chi connectivity index (χ4v) is 0.295. The van der Waals surface area contributed by atoms with Gasteiger partial charge in [-0.1, -0.05) is 0 Å². The van der Waals surface area contributed by atoms with Crippen LogP contribution in [0.3, 0.4) is 0 Å². The van der Waals surface area contributed by atoms with Gasteiger partial charge in [0.1, 0.15) is 6.79 Å². The molecule has 0 N–H and O–H groups in total. The third kappa shape index (κ3) is 3.31. The van der Waals surface area contributed by atoms with Crippen LogP contribution in [0.1, 0.15) is 0 Å². The van der Waals surface area contributed by atoms with Crippen molar-refractivity contribution in [1.29, 1.82) is 0 Å². The summed E-state index contributed by atoms with van der Waals surface area (Å²) in [7, 11) is 0. The van der Waals surface area contributed by atoms with Crippen LogP contribution in [-0.2, 0) is 9.47 Å². The van der Waals surface area contributed by atoms with Crippen molar-refractivity contribution < 1.29 is 9.47 Å². The van der Waals surface area contributed by atoms with Gasteiger partial charge in [0.15, 0.2) is 0 Å². The third-order valence-electron chi connectivity index (χ3n) is 0.539. The van der Waals surface area contributed by atoms with Crippen molar-refractivity contribution in [3.05, 3.63) is 0 Å². The van der Waals surface area contributed by atoms with Gasteiger partial charge in [-0.05, 0) is 0 Å². The first-order valence-electron chi connectivity index (χ1n) is 1.99. The molecule has 0 aliphatic carbocycles. The summed E-state index contributed by atoms with van der Waals surface area (Å²) in [5.74, 6) is 0. The zero-order chi connectivity index (χ0) is 5.54. The Kier molecular flexibility index (Phi) is 5.07. The fourth-order valence-electron chi connectivity index (χ4n) is 0.295. The molecular formula is C5H8O2. The Labute approximate surface area is 43.4 Å². The van der Waals surface area contributed by atoms with Gasteiger partial charge in [0, 0.05) is 0 Å². The van der Waals surface area contributed by atoms with Crippen LogP contribution >= 0.6 is 0 Å². The first-order valence-corrected chi connectivity index (χ1v) is 1.99. The summed E-state index contributed by atoms with van der Waals surface area (Å²) >= 11 is 0. The molecule has 1 rings (SSSR count). The smallest absolute Gasteiger partial charge is 0.146 e. The summed E-state index contributed by atoms with van der Waals surface area (Å²) in [5.41, 5.74) is 0. The molecule has 1 saturated heterocycles. The Morgan fingerprint density at radius 2 is 1.43 bits per heavy atom. The molecule has 0 spiro atoms. The van der Waals surface area contributed by atoms with Gasteiger partial charge in [-0.3, -0.25) is 0 Å². The highest BCUT2D eigenvalue weighted by Crippen LogP contribution is 1.85. The minimum atomic E-state index is 0.500. The van der Waals surface area contributed by atoms with Crippen molar-refractivity contribution in [2.75, 3.05) is 20.0 Å². The van der Waals surface area contributed by atoms with E-state index in [9.17, 15) is 0 Å². The van der Waals surface area contributed by atoms with Crippen molar-refractivity contribution in [3.8, 4) is 12.8 Å².